The van der Waals surface area contributed by atoms with E-state index in [4.69, 9.17) is 11.6 Å². The van der Waals surface area contributed by atoms with E-state index in [0.29, 0.717) is 5.15 Å². The van der Waals surface area contributed by atoms with Gasteiger partial charge < -0.3 is 10.2 Å². The minimum absolute atomic E-state index is 0.621. The second-order valence-electron chi connectivity index (χ2n) is 4.39. The zero-order valence-corrected chi connectivity index (χ0v) is 9.93. The maximum atomic E-state index is 6.18. The van der Waals surface area contributed by atoms with E-state index in [1.807, 2.05) is 0 Å². The molecule has 1 aromatic heterocycles. The Morgan fingerprint density at radius 3 is 2.69 bits per heavy atom. The lowest BCUT2D eigenvalue weighted by Crippen LogP contribution is -2.31. The quantitative estimate of drug-likeness (QED) is 0.757. The highest BCUT2D eigenvalue weighted by molar-refractivity contribution is 6.30. The number of halogens is 1. The SMILES string of the molecule is Clc1nc(N2CCCCC2)nc2c1CNC2. The molecule has 2 aliphatic heterocycles. The molecule has 0 radical (unpaired) electrons. The van der Waals surface area contributed by atoms with E-state index in [1.54, 1.807) is 0 Å². The largest absolute Gasteiger partial charge is 0.341 e. The molecule has 1 aromatic rings. The van der Waals surface area contributed by atoms with Gasteiger partial charge in [0, 0.05) is 31.7 Å². The zero-order chi connectivity index (χ0) is 11.0. The number of nitrogens with zero attached hydrogens (tertiary/aromatic N) is 3. The van der Waals surface area contributed by atoms with Crippen LogP contribution in [-0.4, -0.2) is 23.1 Å². The molecular formula is C11H15ClN4. The molecule has 1 saturated heterocycles. The van der Waals surface area contributed by atoms with E-state index >= 15 is 0 Å². The van der Waals surface area contributed by atoms with Gasteiger partial charge in [-0.05, 0) is 19.3 Å². The van der Waals surface area contributed by atoms with Crippen LogP contribution in [-0.2, 0) is 13.1 Å². The van der Waals surface area contributed by atoms with Crippen molar-refractivity contribution in [2.75, 3.05) is 18.0 Å². The lowest BCUT2D eigenvalue weighted by Gasteiger charge is -2.27. The summed E-state index contributed by atoms with van der Waals surface area (Å²) in [6.45, 7) is 3.73. The molecule has 86 valence electrons. The maximum absolute atomic E-state index is 6.18. The molecule has 5 heteroatoms. The molecule has 0 spiro atoms. The molecule has 3 heterocycles. The van der Waals surface area contributed by atoms with Crippen molar-refractivity contribution in [3.05, 3.63) is 16.4 Å². The number of hydrogen-bond acceptors (Lipinski definition) is 4. The molecular weight excluding hydrogens is 224 g/mol. The molecule has 0 amide bonds. The van der Waals surface area contributed by atoms with Crippen molar-refractivity contribution in [2.24, 2.45) is 0 Å². The van der Waals surface area contributed by atoms with Gasteiger partial charge in [-0.2, -0.15) is 0 Å². The van der Waals surface area contributed by atoms with Gasteiger partial charge in [-0.25, -0.2) is 9.97 Å². The molecule has 0 saturated carbocycles. The fourth-order valence-electron chi connectivity index (χ4n) is 2.35. The molecule has 2 aliphatic rings. The molecule has 1 fully saturated rings. The molecule has 0 atom stereocenters. The van der Waals surface area contributed by atoms with Crippen molar-refractivity contribution in [2.45, 2.75) is 32.4 Å². The van der Waals surface area contributed by atoms with Crippen LogP contribution in [0.4, 0.5) is 5.95 Å². The van der Waals surface area contributed by atoms with Crippen LogP contribution in [0.25, 0.3) is 0 Å². The zero-order valence-electron chi connectivity index (χ0n) is 9.17. The van der Waals surface area contributed by atoms with Crippen molar-refractivity contribution in [1.29, 1.82) is 0 Å². The first-order chi connectivity index (χ1) is 7.84. The Morgan fingerprint density at radius 2 is 1.88 bits per heavy atom. The number of rotatable bonds is 1. The molecule has 0 aromatic carbocycles. The van der Waals surface area contributed by atoms with Crippen molar-refractivity contribution in [3.63, 3.8) is 0 Å². The van der Waals surface area contributed by atoms with Crippen LogP contribution >= 0.6 is 11.6 Å². The van der Waals surface area contributed by atoms with Crippen LogP contribution in [0.15, 0.2) is 0 Å². The van der Waals surface area contributed by atoms with E-state index in [9.17, 15) is 0 Å². The second kappa shape index (κ2) is 4.18. The normalized spacial score (nSPS) is 19.9. The summed E-state index contributed by atoms with van der Waals surface area (Å²) in [7, 11) is 0. The molecule has 3 rings (SSSR count). The van der Waals surface area contributed by atoms with Gasteiger partial charge in [0.05, 0.1) is 5.69 Å². The molecule has 0 aliphatic carbocycles. The number of fused-ring (bicyclic) bond motifs is 1. The van der Waals surface area contributed by atoms with Crippen LogP contribution in [0.1, 0.15) is 30.5 Å². The first-order valence-corrected chi connectivity index (χ1v) is 6.23. The third-order valence-corrected chi connectivity index (χ3v) is 3.58. The Balaban J connectivity index is 1.92. The second-order valence-corrected chi connectivity index (χ2v) is 4.75. The minimum Gasteiger partial charge on any atom is -0.341 e. The van der Waals surface area contributed by atoms with Gasteiger partial charge in [0.15, 0.2) is 0 Å². The number of hydrogen-bond donors (Lipinski definition) is 1. The monoisotopic (exact) mass is 238 g/mol. The van der Waals surface area contributed by atoms with Gasteiger partial charge in [-0.15, -0.1) is 0 Å². The van der Waals surface area contributed by atoms with Gasteiger partial charge in [-0.3, -0.25) is 0 Å². The molecule has 1 N–H and O–H groups in total. The number of nitrogens with one attached hydrogen (secondary N) is 1. The first-order valence-electron chi connectivity index (χ1n) is 5.85. The van der Waals surface area contributed by atoms with E-state index in [2.05, 4.69) is 20.2 Å². The topological polar surface area (TPSA) is 41.1 Å². The maximum Gasteiger partial charge on any atom is 0.227 e. The van der Waals surface area contributed by atoms with Gasteiger partial charge >= 0.3 is 0 Å². The number of anilines is 1. The highest BCUT2D eigenvalue weighted by Crippen LogP contribution is 2.25. The van der Waals surface area contributed by atoms with Crippen LogP contribution in [0.3, 0.4) is 0 Å². The van der Waals surface area contributed by atoms with Crippen LogP contribution in [0.2, 0.25) is 5.15 Å². The summed E-state index contributed by atoms with van der Waals surface area (Å²) < 4.78 is 0. The first kappa shape index (κ1) is 10.3. The summed E-state index contributed by atoms with van der Waals surface area (Å²) in [6.07, 6.45) is 3.78. The highest BCUT2D eigenvalue weighted by atomic mass is 35.5. The highest BCUT2D eigenvalue weighted by Gasteiger charge is 2.21. The lowest BCUT2D eigenvalue weighted by molar-refractivity contribution is 0.567. The van der Waals surface area contributed by atoms with E-state index < -0.39 is 0 Å². The van der Waals surface area contributed by atoms with Gasteiger partial charge in [0.25, 0.3) is 0 Å². The summed E-state index contributed by atoms with van der Waals surface area (Å²) in [6, 6.07) is 0. The Hall–Kier alpha value is -0.870. The number of aromatic nitrogens is 2. The minimum atomic E-state index is 0.621. The van der Waals surface area contributed by atoms with E-state index in [0.717, 1.165) is 43.4 Å². The number of piperidine rings is 1. The average molecular weight is 239 g/mol. The summed E-state index contributed by atoms with van der Waals surface area (Å²) in [5.74, 6) is 0.812. The van der Waals surface area contributed by atoms with Gasteiger partial charge in [0.2, 0.25) is 5.95 Å². The fraction of sp³-hybridized carbons (Fsp3) is 0.636. The predicted molar refractivity (Wildman–Crippen MR) is 63.6 cm³/mol. The molecule has 0 unspecified atom stereocenters. The molecule has 4 nitrogen and oxygen atoms in total. The van der Waals surface area contributed by atoms with E-state index in [1.165, 1.54) is 19.3 Å². The third kappa shape index (κ3) is 1.76. The molecule has 16 heavy (non-hydrogen) atoms. The van der Waals surface area contributed by atoms with Crippen molar-refractivity contribution < 1.29 is 0 Å². The summed E-state index contributed by atoms with van der Waals surface area (Å²) >= 11 is 6.18. The Bertz CT molecular complexity index is 401. The van der Waals surface area contributed by atoms with Crippen LogP contribution < -0.4 is 10.2 Å². The van der Waals surface area contributed by atoms with E-state index in [-0.39, 0.29) is 0 Å². The summed E-state index contributed by atoms with van der Waals surface area (Å²) in [5, 5.41) is 3.87. The van der Waals surface area contributed by atoms with Crippen molar-refractivity contribution in [1.82, 2.24) is 15.3 Å². The van der Waals surface area contributed by atoms with Gasteiger partial charge in [0.1, 0.15) is 5.15 Å². The smallest absolute Gasteiger partial charge is 0.227 e. The Kier molecular flexibility index (Phi) is 2.69. The Morgan fingerprint density at radius 1 is 1.06 bits per heavy atom. The fourth-order valence-corrected chi connectivity index (χ4v) is 2.60. The third-order valence-electron chi connectivity index (χ3n) is 3.26. The molecule has 0 bridgehead atoms. The van der Waals surface area contributed by atoms with Gasteiger partial charge in [-0.1, -0.05) is 11.6 Å². The lowest BCUT2D eigenvalue weighted by atomic mass is 10.1. The predicted octanol–water partition coefficient (Wildman–Crippen LogP) is 1.72. The summed E-state index contributed by atoms with van der Waals surface area (Å²) in [4.78, 5) is 11.3. The van der Waals surface area contributed by atoms with Crippen molar-refractivity contribution >= 4 is 17.5 Å². The average Bonchev–Trinajstić information content (AvgIpc) is 2.79. The summed E-state index contributed by atoms with van der Waals surface area (Å²) in [5.41, 5.74) is 2.14. The Labute approximate surface area is 100 Å². The van der Waals surface area contributed by atoms with Crippen molar-refractivity contribution in [3.8, 4) is 0 Å². The van der Waals surface area contributed by atoms with Crippen LogP contribution in [0, 0.1) is 0 Å². The standard InChI is InChI=1S/C11H15ClN4/c12-10-8-6-13-7-9(8)14-11(15-10)16-4-2-1-3-5-16/h13H,1-7H2. The van der Waals surface area contributed by atoms with Crippen LogP contribution in [0.5, 0.6) is 0 Å².